The Morgan fingerprint density at radius 1 is 1.26 bits per heavy atom. The number of carbonyl (C=O) groups is 1. The van der Waals surface area contributed by atoms with Crippen molar-refractivity contribution in [2.24, 2.45) is 0 Å². The Labute approximate surface area is 200 Å². The number of amides is 1. The molecule has 0 saturated heterocycles. The minimum Gasteiger partial charge on any atom is -0.619 e. The molecule has 0 fully saturated rings. The predicted molar refractivity (Wildman–Crippen MR) is 128 cm³/mol. The van der Waals surface area contributed by atoms with Gasteiger partial charge in [0.25, 0.3) is 11.5 Å². The molecule has 0 spiro atoms. The molecule has 0 aromatic carbocycles. The highest BCUT2D eigenvalue weighted by Crippen LogP contribution is 2.26. The van der Waals surface area contributed by atoms with E-state index >= 15 is 0 Å². The topological polar surface area (TPSA) is 120 Å². The van der Waals surface area contributed by atoms with Crippen LogP contribution in [0.15, 0.2) is 59.2 Å². The summed E-state index contributed by atoms with van der Waals surface area (Å²) in [6.07, 6.45) is 6.39. The second kappa shape index (κ2) is 10.5. The summed E-state index contributed by atoms with van der Waals surface area (Å²) in [5, 5.41) is 17.6. The molecule has 34 heavy (non-hydrogen) atoms. The fraction of sp³-hybridized carbons (Fsp3) is 0.304. The van der Waals surface area contributed by atoms with Gasteiger partial charge in [-0.2, -0.15) is 4.73 Å². The summed E-state index contributed by atoms with van der Waals surface area (Å²) in [5.74, 6) is 0.201. The first kappa shape index (κ1) is 23.5. The highest BCUT2D eigenvalue weighted by molar-refractivity contribution is 7.09. The molecule has 1 N–H and O–H groups in total. The number of hydrogen-bond acceptors (Lipinski definition) is 8. The Bertz CT molecular complexity index is 1320. The average Bonchev–Trinajstić information content (AvgIpc) is 3.37. The van der Waals surface area contributed by atoms with Crippen LogP contribution in [0.3, 0.4) is 0 Å². The molecule has 10 nitrogen and oxygen atoms in total. The summed E-state index contributed by atoms with van der Waals surface area (Å²) in [5.41, 5.74) is 0.494. The lowest BCUT2D eigenvalue weighted by atomic mass is 10.1. The van der Waals surface area contributed by atoms with Crippen LogP contribution >= 0.6 is 11.3 Å². The third-order valence-corrected chi connectivity index (χ3v) is 6.27. The summed E-state index contributed by atoms with van der Waals surface area (Å²) in [6, 6.07) is 5.89. The van der Waals surface area contributed by atoms with Gasteiger partial charge in [-0.1, -0.05) is 6.92 Å². The number of fused-ring (bicyclic) bond motifs is 1. The van der Waals surface area contributed by atoms with Crippen molar-refractivity contribution < 1.29 is 9.52 Å². The van der Waals surface area contributed by atoms with Gasteiger partial charge in [-0.15, -0.1) is 11.3 Å². The molecular formula is C23H25N7O3S. The van der Waals surface area contributed by atoms with Crippen LogP contribution in [0.4, 0.5) is 0 Å². The zero-order chi connectivity index (χ0) is 24.1. The summed E-state index contributed by atoms with van der Waals surface area (Å²) in [4.78, 5) is 42.2. The van der Waals surface area contributed by atoms with Crippen LogP contribution in [0.25, 0.3) is 11.0 Å². The van der Waals surface area contributed by atoms with Crippen LogP contribution in [-0.2, 0) is 6.54 Å². The van der Waals surface area contributed by atoms with Crippen molar-refractivity contribution in [2.75, 3.05) is 20.1 Å². The molecule has 4 rings (SSSR count). The van der Waals surface area contributed by atoms with Crippen LogP contribution in [-0.4, -0.2) is 50.5 Å². The SMILES string of the molecule is CCC(c1nc2ncccc2c(=O)n1Cc1nccs1)N(CCNC)C(=O)c1cc[n+]([O-])cc1. The van der Waals surface area contributed by atoms with E-state index in [1.54, 1.807) is 34.0 Å². The van der Waals surface area contributed by atoms with Gasteiger partial charge < -0.3 is 15.4 Å². The number of aromatic nitrogens is 5. The maximum absolute atomic E-state index is 13.6. The predicted octanol–water partition coefficient (Wildman–Crippen LogP) is 1.74. The van der Waals surface area contributed by atoms with Crippen LogP contribution in [0, 0.1) is 5.21 Å². The lowest BCUT2D eigenvalue weighted by Gasteiger charge is -2.32. The molecule has 1 atom stereocenters. The van der Waals surface area contributed by atoms with Crippen LogP contribution in [0.5, 0.6) is 0 Å². The molecule has 0 radical (unpaired) electrons. The molecule has 0 aliphatic heterocycles. The Kier molecular flexibility index (Phi) is 7.24. The van der Waals surface area contributed by atoms with Crippen molar-refractivity contribution in [3.05, 3.63) is 86.4 Å². The lowest BCUT2D eigenvalue weighted by Crippen LogP contribution is -2.42. The first-order valence-corrected chi connectivity index (χ1v) is 11.8. The molecule has 0 aliphatic rings. The van der Waals surface area contributed by atoms with Crippen molar-refractivity contribution in [3.63, 3.8) is 0 Å². The number of thiazole rings is 1. The van der Waals surface area contributed by atoms with Crippen LogP contribution in [0.1, 0.15) is 40.6 Å². The first-order valence-electron chi connectivity index (χ1n) is 10.9. The van der Waals surface area contributed by atoms with Gasteiger partial charge in [0.05, 0.1) is 23.5 Å². The summed E-state index contributed by atoms with van der Waals surface area (Å²) in [6.45, 7) is 3.12. The molecule has 11 heteroatoms. The summed E-state index contributed by atoms with van der Waals surface area (Å²) >= 11 is 1.45. The largest absolute Gasteiger partial charge is 0.619 e. The zero-order valence-electron chi connectivity index (χ0n) is 18.9. The van der Waals surface area contributed by atoms with E-state index in [0.29, 0.717) is 46.7 Å². The van der Waals surface area contributed by atoms with Crippen LogP contribution in [0.2, 0.25) is 0 Å². The van der Waals surface area contributed by atoms with Gasteiger partial charge in [0, 0.05) is 43.0 Å². The number of rotatable bonds is 9. The van der Waals surface area contributed by atoms with E-state index in [0.717, 1.165) is 5.01 Å². The highest BCUT2D eigenvalue weighted by atomic mass is 32.1. The van der Waals surface area contributed by atoms with Crippen molar-refractivity contribution in [3.8, 4) is 0 Å². The molecule has 4 aromatic heterocycles. The Morgan fingerprint density at radius 2 is 2.06 bits per heavy atom. The van der Waals surface area contributed by atoms with Gasteiger partial charge in [0.1, 0.15) is 10.8 Å². The van der Waals surface area contributed by atoms with Crippen molar-refractivity contribution in [2.45, 2.75) is 25.9 Å². The van der Waals surface area contributed by atoms with Crippen molar-refractivity contribution in [1.82, 2.24) is 29.7 Å². The monoisotopic (exact) mass is 479 g/mol. The molecule has 176 valence electrons. The molecular weight excluding hydrogens is 454 g/mol. The van der Waals surface area contributed by atoms with E-state index in [9.17, 15) is 14.8 Å². The number of hydrogen-bond donors (Lipinski definition) is 1. The third kappa shape index (κ3) is 4.80. The number of nitrogens with one attached hydrogen (secondary N) is 1. The number of pyridine rings is 2. The van der Waals surface area contributed by atoms with Gasteiger partial charge in [-0.3, -0.25) is 14.2 Å². The molecule has 0 saturated carbocycles. The van der Waals surface area contributed by atoms with E-state index in [1.807, 2.05) is 19.4 Å². The van der Waals surface area contributed by atoms with Crippen molar-refractivity contribution >= 4 is 28.3 Å². The van der Waals surface area contributed by atoms with Gasteiger partial charge in [0.2, 0.25) is 0 Å². The normalized spacial score (nSPS) is 12.1. The number of nitrogens with zero attached hydrogens (tertiary/aromatic N) is 6. The van der Waals surface area contributed by atoms with E-state index < -0.39 is 6.04 Å². The van der Waals surface area contributed by atoms with Gasteiger partial charge in [-0.05, 0) is 25.6 Å². The fourth-order valence-electron chi connectivity index (χ4n) is 3.84. The Morgan fingerprint density at radius 3 is 2.74 bits per heavy atom. The first-order chi connectivity index (χ1) is 16.5. The zero-order valence-corrected chi connectivity index (χ0v) is 19.7. The van der Waals surface area contributed by atoms with E-state index in [2.05, 4.69) is 15.3 Å². The molecule has 4 heterocycles. The fourth-order valence-corrected chi connectivity index (χ4v) is 4.44. The van der Waals surface area contributed by atoms with E-state index in [1.165, 1.54) is 35.9 Å². The number of carbonyl (C=O) groups excluding carboxylic acids is 1. The van der Waals surface area contributed by atoms with Crippen LogP contribution < -0.4 is 15.6 Å². The van der Waals surface area contributed by atoms with Gasteiger partial charge in [0.15, 0.2) is 18.0 Å². The van der Waals surface area contributed by atoms with Gasteiger partial charge in [-0.25, -0.2) is 15.0 Å². The quantitative estimate of drug-likeness (QED) is 0.287. The minimum atomic E-state index is -0.500. The van der Waals surface area contributed by atoms with Crippen molar-refractivity contribution in [1.29, 1.82) is 0 Å². The summed E-state index contributed by atoms with van der Waals surface area (Å²) in [7, 11) is 1.81. The maximum atomic E-state index is 13.6. The minimum absolute atomic E-state index is 0.227. The van der Waals surface area contributed by atoms with E-state index in [4.69, 9.17) is 4.98 Å². The van der Waals surface area contributed by atoms with E-state index in [-0.39, 0.29) is 18.0 Å². The molecule has 0 bridgehead atoms. The average molecular weight is 480 g/mol. The molecule has 1 unspecified atom stereocenters. The second-order valence-electron chi connectivity index (χ2n) is 7.63. The Hall–Kier alpha value is -3.70. The smallest absolute Gasteiger partial charge is 0.263 e. The standard InChI is InChI=1S/C23H25N7O3S/c1-3-18(29(13-9-24-2)22(31)16-6-11-28(33)12-7-16)21-27-20-17(5-4-8-26-20)23(32)30(21)15-19-25-10-14-34-19/h4-8,10-12,14,18,24H,3,9,13,15H2,1-2H3. The molecule has 0 aliphatic carbocycles. The summed E-state index contributed by atoms with van der Waals surface area (Å²) < 4.78 is 2.22. The maximum Gasteiger partial charge on any atom is 0.263 e. The molecule has 4 aromatic rings. The third-order valence-electron chi connectivity index (χ3n) is 5.51. The highest BCUT2D eigenvalue weighted by Gasteiger charge is 2.29. The lowest BCUT2D eigenvalue weighted by molar-refractivity contribution is -0.605. The second-order valence-corrected chi connectivity index (χ2v) is 8.61. The molecule has 1 amide bonds. The Balaban J connectivity index is 1.86. The van der Waals surface area contributed by atoms with Gasteiger partial charge >= 0.3 is 0 Å². The number of likely N-dealkylation sites (N-methyl/N-ethyl adjacent to an activating group) is 1.